The summed E-state index contributed by atoms with van der Waals surface area (Å²) in [6.07, 6.45) is 1.10. The van der Waals surface area contributed by atoms with Crippen LogP contribution in [0.5, 0.6) is 0 Å². The van der Waals surface area contributed by atoms with Crippen LogP contribution in [0.3, 0.4) is 0 Å². The van der Waals surface area contributed by atoms with Crippen molar-refractivity contribution in [2.75, 3.05) is 6.54 Å². The molecule has 3 heteroatoms. The van der Waals surface area contributed by atoms with E-state index in [9.17, 15) is 0 Å². The second kappa shape index (κ2) is 5.31. The number of aromatic amines is 1. The van der Waals surface area contributed by atoms with Gasteiger partial charge in [0.05, 0.1) is 6.04 Å². The van der Waals surface area contributed by atoms with E-state index < -0.39 is 0 Å². The van der Waals surface area contributed by atoms with E-state index in [4.69, 9.17) is 0 Å². The van der Waals surface area contributed by atoms with Gasteiger partial charge < -0.3 is 10.3 Å². The Kier molecular flexibility index (Phi) is 3.51. The van der Waals surface area contributed by atoms with Crippen molar-refractivity contribution >= 4 is 23.3 Å². The van der Waals surface area contributed by atoms with Crippen LogP contribution in [0.2, 0.25) is 0 Å². The molecule has 0 amide bonds. The zero-order valence-corrected chi connectivity index (χ0v) is 11.9. The maximum absolute atomic E-state index is 3.62. The monoisotopic (exact) mass is 284 g/mol. The number of para-hydroxylation sites is 1. The first kappa shape index (κ1) is 13.2. The van der Waals surface area contributed by atoms with E-state index in [-0.39, 0.29) is 18.4 Å². The van der Waals surface area contributed by atoms with Gasteiger partial charge in [-0.25, -0.2) is 0 Å². The van der Waals surface area contributed by atoms with Crippen LogP contribution < -0.4 is 5.32 Å². The van der Waals surface area contributed by atoms with Gasteiger partial charge >= 0.3 is 0 Å². The largest absolute Gasteiger partial charge is 0.357 e. The molecule has 0 saturated carbocycles. The van der Waals surface area contributed by atoms with Crippen molar-refractivity contribution in [3.63, 3.8) is 0 Å². The Morgan fingerprint density at radius 2 is 1.65 bits per heavy atom. The minimum absolute atomic E-state index is 0. The van der Waals surface area contributed by atoms with E-state index in [1.54, 1.807) is 0 Å². The molecule has 2 N–H and O–H groups in total. The molecule has 20 heavy (non-hydrogen) atoms. The van der Waals surface area contributed by atoms with E-state index in [2.05, 4.69) is 64.9 Å². The Labute approximate surface area is 124 Å². The van der Waals surface area contributed by atoms with Crippen molar-refractivity contribution in [1.29, 1.82) is 0 Å². The predicted molar refractivity (Wildman–Crippen MR) is 85.5 cm³/mol. The average molecular weight is 285 g/mol. The Morgan fingerprint density at radius 3 is 2.50 bits per heavy atom. The molecule has 0 saturated heterocycles. The zero-order valence-electron chi connectivity index (χ0n) is 11.1. The predicted octanol–water partition coefficient (Wildman–Crippen LogP) is 3.82. The smallest absolute Gasteiger partial charge is 0.0732 e. The van der Waals surface area contributed by atoms with Gasteiger partial charge in [0.25, 0.3) is 0 Å². The minimum atomic E-state index is 0. The number of fused-ring (bicyclic) bond motifs is 3. The van der Waals surface area contributed by atoms with Crippen molar-refractivity contribution in [3.05, 3.63) is 71.4 Å². The van der Waals surface area contributed by atoms with Gasteiger partial charge in [-0.2, -0.15) is 0 Å². The molecule has 1 aliphatic rings. The standard InChI is InChI=1S/C17H16N2.ClH/c1-2-6-12(7-3-1)16-17-14(10-11-18-16)13-8-4-5-9-15(13)19-17;/h1-9,16,18-19H,10-11H2;1H. The lowest BCUT2D eigenvalue weighted by atomic mass is 9.94. The van der Waals surface area contributed by atoms with Crippen molar-refractivity contribution in [1.82, 2.24) is 10.3 Å². The van der Waals surface area contributed by atoms with Gasteiger partial charge in [-0.3, -0.25) is 0 Å². The number of rotatable bonds is 1. The van der Waals surface area contributed by atoms with Gasteiger partial charge in [0.1, 0.15) is 0 Å². The van der Waals surface area contributed by atoms with Gasteiger partial charge in [-0.15, -0.1) is 12.4 Å². The summed E-state index contributed by atoms with van der Waals surface area (Å²) in [6, 6.07) is 19.5. The van der Waals surface area contributed by atoms with Crippen LogP contribution in [-0.4, -0.2) is 11.5 Å². The zero-order chi connectivity index (χ0) is 12.7. The molecule has 0 bridgehead atoms. The lowest BCUT2D eigenvalue weighted by Crippen LogP contribution is -2.30. The molecule has 1 aromatic heterocycles. The summed E-state index contributed by atoms with van der Waals surface area (Å²) in [6.45, 7) is 1.04. The van der Waals surface area contributed by atoms with Gasteiger partial charge in [0.15, 0.2) is 0 Å². The van der Waals surface area contributed by atoms with Crippen LogP contribution in [0.25, 0.3) is 10.9 Å². The molecule has 0 aliphatic carbocycles. The number of hydrogen-bond donors (Lipinski definition) is 2. The lowest BCUT2D eigenvalue weighted by Gasteiger charge is -2.24. The number of halogens is 1. The Balaban J connectivity index is 0.00000121. The van der Waals surface area contributed by atoms with Crippen molar-refractivity contribution < 1.29 is 0 Å². The van der Waals surface area contributed by atoms with E-state index in [1.165, 1.54) is 27.7 Å². The van der Waals surface area contributed by atoms with Crippen LogP contribution in [0, 0.1) is 0 Å². The van der Waals surface area contributed by atoms with Crippen LogP contribution in [0.15, 0.2) is 54.6 Å². The van der Waals surface area contributed by atoms with Gasteiger partial charge in [0, 0.05) is 23.1 Å². The van der Waals surface area contributed by atoms with E-state index in [1.807, 2.05) is 0 Å². The fourth-order valence-corrected chi connectivity index (χ4v) is 3.11. The highest BCUT2D eigenvalue weighted by Gasteiger charge is 2.24. The summed E-state index contributed by atoms with van der Waals surface area (Å²) >= 11 is 0. The SMILES string of the molecule is Cl.c1ccc(C2NCCc3c2[nH]c2ccccc32)cc1. The summed E-state index contributed by atoms with van der Waals surface area (Å²) in [7, 11) is 0. The first-order valence-electron chi connectivity index (χ1n) is 6.81. The quantitative estimate of drug-likeness (QED) is 0.698. The molecule has 102 valence electrons. The maximum atomic E-state index is 3.62. The van der Waals surface area contributed by atoms with Gasteiger partial charge in [0.2, 0.25) is 0 Å². The molecule has 1 unspecified atom stereocenters. The fraction of sp³-hybridized carbons (Fsp3) is 0.176. The molecule has 1 aliphatic heterocycles. The number of aromatic nitrogens is 1. The summed E-state index contributed by atoms with van der Waals surface area (Å²) in [5.74, 6) is 0. The van der Waals surface area contributed by atoms with Crippen molar-refractivity contribution in [2.45, 2.75) is 12.5 Å². The van der Waals surface area contributed by atoms with Crippen molar-refractivity contribution in [3.8, 4) is 0 Å². The number of hydrogen-bond acceptors (Lipinski definition) is 1. The third kappa shape index (κ3) is 2.01. The van der Waals surface area contributed by atoms with E-state index >= 15 is 0 Å². The highest BCUT2D eigenvalue weighted by atomic mass is 35.5. The van der Waals surface area contributed by atoms with E-state index in [0.29, 0.717) is 0 Å². The molecule has 4 rings (SSSR count). The Morgan fingerprint density at radius 1 is 0.900 bits per heavy atom. The highest BCUT2D eigenvalue weighted by molar-refractivity contribution is 5.85. The summed E-state index contributed by atoms with van der Waals surface area (Å²) in [4.78, 5) is 3.60. The molecular weight excluding hydrogens is 268 g/mol. The maximum Gasteiger partial charge on any atom is 0.0732 e. The average Bonchev–Trinajstić information content (AvgIpc) is 2.87. The second-order valence-corrected chi connectivity index (χ2v) is 5.11. The van der Waals surface area contributed by atoms with Gasteiger partial charge in [-0.1, -0.05) is 48.5 Å². The fourth-order valence-electron chi connectivity index (χ4n) is 3.11. The van der Waals surface area contributed by atoms with E-state index in [0.717, 1.165) is 13.0 Å². The molecule has 3 aromatic rings. The Hall–Kier alpha value is -1.77. The van der Waals surface area contributed by atoms with Crippen LogP contribution in [0.1, 0.15) is 22.9 Å². The summed E-state index contributed by atoms with van der Waals surface area (Å²) in [5, 5.41) is 5.00. The summed E-state index contributed by atoms with van der Waals surface area (Å²) in [5.41, 5.74) is 5.38. The topological polar surface area (TPSA) is 27.8 Å². The number of nitrogens with one attached hydrogen (secondary N) is 2. The molecule has 2 aromatic carbocycles. The summed E-state index contributed by atoms with van der Waals surface area (Å²) < 4.78 is 0. The third-order valence-electron chi connectivity index (χ3n) is 3.99. The normalized spacial score (nSPS) is 17.5. The van der Waals surface area contributed by atoms with Gasteiger partial charge in [-0.05, 0) is 23.6 Å². The molecule has 2 nitrogen and oxygen atoms in total. The lowest BCUT2D eigenvalue weighted by molar-refractivity contribution is 0.560. The highest BCUT2D eigenvalue weighted by Crippen LogP contribution is 2.33. The minimum Gasteiger partial charge on any atom is -0.357 e. The molecule has 1 atom stereocenters. The number of H-pyrrole nitrogens is 1. The number of benzene rings is 2. The van der Waals surface area contributed by atoms with Crippen LogP contribution >= 0.6 is 12.4 Å². The molecule has 0 spiro atoms. The van der Waals surface area contributed by atoms with Crippen LogP contribution in [-0.2, 0) is 6.42 Å². The van der Waals surface area contributed by atoms with Crippen LogP contribution in [0.4, 0.5) is 0 Å². The molecule has 2 heterocycles. The first-order valence-corrected chi connectivity index (χ1v) is 6.81. The second-order valence-electron chi connectivity index (χ2n) is 5.11. The Bertz CT molecular complexity index is 718. The molecular formula is C17H17ClN2. The molecule has 0 fully saturated rings. The van der Waals surface area contributed by atoms with Crippen molar-refractivity contribution in [2.24, 2.45) is 0 Å². The molecule has 0 radical (unpaired) electrons. The third-order valence-corrected chi connectivity index (χ3v) is 3.99. The first-order chi connectivity index (χ1) is 9.43.